The van der Waals surface area contributed by atoms with Gasteiger partial charge in [-0.3, -0.25) is 0 Å². The molecular formula is C11H11N3S. The molecule has 1 heterocycles. The number of rotatable bonds is 2. The minimum absolute atomic E-state index is 0.500. The van der Waals surface area contributed by atoms with Crippen molar-refractivity contribution in [2.75, 3.05) is 5.73 Å². The highest BCUT2D eigenvalue weighted by molar-refractivity contribution is 7.99. The fraction of sp³-hybridized carbons (Fsp3) is 0.0909. The molecule has 0 amide bonds. The van der Waals surface area contributed by atoms with Crippen LogP contribution in [-0.2, 0) is 0 Å². The molecule has 0 atom stereocenters. The minimum Gasteiger partial charge on any atom is -0.384 e. The highest BCUT2D eigenvalue weighted by Gasteiger charge is 2.00. The standard InChI is InChI=1S/C11H11N3S/c1-8-3-2-4-9(7-8)15-11-13-6-5-10(12)14-11/h2-7H,1H3,(H2,12,13,14). The van der Waals surface area contributed by atoms with Gasteiger partial charge in [0, 0.05) is 11.1 Å². The van der Waals surface area contributed by atoms with Crippen molar-refractivity contribution in [3.8, 4) is 0 Å². The molecule has 0 fully saturated rings. The van der Waals surface area contributed by atoms with E-state index in [1.165, 1.54) is 17.3 Å². The average molecular weight is 217 g/mol. The molecule has 76 valence electrons. The summed E-state index contributed by atoms with van der Waals surface area (Å²) in [7, 11) is 0. The Labute approximate surface area is 92.8 Å². The second-order valence-electron chi connectivity index (χ2n) is 3.18. The average Bonchev–Trinajstić information content (AvgIpc) is 2.17. The van der Waals surface area contributed by atoms with Crippen molar-refractivity contribution in [1.29, 1.82) is 0 Å². The molecule has 2 rings (SSSR count). The summed E-state index contributed by atoms with van der Waals surface area (Å²) in [6, 6.07) is 9.88. The highest BCUT2D eigenvalue weighted by Crippen LogP contribution is 2.25. The third-order valence-electron chi connectivity index (χ3n) is 1.85. The third kappa shape index (κ3) is 2.70. The molecular weight excluding hydrogens is 206 g/mol. The SMILES string of the molecule is Cc1cccc(Sc2nccc(N)n2)c1. The summed E-state index contributed by atoms with van der Waals surface area (Å²) in [5.41, 5.74) is 6.80. The van der Waals surface area contributed by atoms with Crippen LogP contribution in [0.5, 0.6) is 0 Å². The Balaban J connectivity index is 2.22. The Bertz CT molecular complexity index is 427. The van der Waals surface area contributed by atoms with E-state index in [-0.39, 0.29) is 0 Å². The lowest BCUT2D eigenvalue weighted by atomic mass is 10.2. The first kappa shape index (κ1) is 9.98. The fourth-order valence-corrected chi connectivity index (χ4v) is 2.05. The maximum atomic E-state index is 5.58. The van der Waals surface area contributed by atoms with Crippen LogP contribution < -0.4 is 5.73 Å². The van der Waals surface area contributed by atoms with Crippen molar-refractivity contribution < 1.29 is 0 Å². The molecule has 4 heteroatoms. The van der Waals surface area contributed by atoms with E-state index < -0.39 is 0 Å². The van der Waals surface area contributed by atoms with Crippen LogP contribution in [0, 0.1) is 6.92 Å². The fourth-order valence-electron chi connectivity index (χ4n) is 1.19. The van der Waals surface area contributed by atoms with Crippen LogP contribution in [0.2, 0.25) is 0 Å². The molecule has 0 unspecified atom stereocenters. The maximum Gasteiger partial charge on any atom is 0.194 e. The zero-order valence-electron chi connectivity index (χ0n) is 8.34. The lowest BCUT2D eigenvalue weighted by Gasteiger charge is -2.01. The first-order valence-electron chi connectivity index (χ1n) is 4.57. The monoisotopic (exact) mass is 217 g/mol. The Hall–Kier alpha value is -1.55. The van der Waals surface area contributed by atoms with E-state index in [1.54, 1.807) is 12.3 Å². The zero-order chi connectivity index (χ0) is 10.7. The molecule has 0 bridgehead atoms. The summed E-state index contributed by atoms with van der Waals surface area (Å²) < 4.78 is 0. The smallest absolute Gasteiger partial charge is 0.194 e. The third-order valence-corrected chi connectivity index (χ3v) is 2.72. The van der Waals surface area contributed by atoms with Crippen molar-refractivity contribution >= 4 is 17.6 Å². The number of nitrogens with zero attached hydrogens (tertiary/aromatic N) is 2. The number of benzene rings is 1. The van der Waals surface area contributed by atoms with Crippen LogP contribution in [0.3, 0.4) is 0 Å². The molecule has 0 radical (unpaired) electrons. The van der Waals surface area contributed by atoms with Crippen LogP contribution >= 0.6 is 11.8 Å². The molecule has 1 aromatic heterocycles. The van der Waals surface area contributed by atoms with Crippen LogP contribution in [0.1, 0.15) is 5.56 Å². The molecule has 0 saturated heterocycles. The van der Waals surface area contributed by atoms with Crippen LogP contribution in [0.4, 0.5) is 5.82 Å². The van der Waals surface area contributed by atoms with E-state index in [2.05, 4.69) is 29.0 Å². The Kier molecular flexibility index (Phi) is 2.87. The molecule has 15 heavy (non-hydrogen) atoms. The molecule has 1 aromatic carbocycles. The quantitative estimate of drug-likeness (QED) is 0.785. The van der Waals surface area contributed by atoms with Gasteiger partial charge in [0.1, 0.15) is 5.82 Å². The number of anilines is 1. The predicted octanol–water partition coefficient (Wildman–Crippen LogP) is 2.52. The van der Waals surface area contributed by atoms with Crippen molar-refractivity contribution in [2.45, 2.75) is 17.0 Å². The summed E-state index contributed by atoms with van der Waals surface area (Å²) in [6.07, 6.45) is 1.67. The summed E-state index contributed by atoms with van der Waals surface area (Å²) in [5, 5.41) is 0.681. The largest absolute Gasteiger partial charge is 0.384 e. The summed E-state index contributed by atoms with van der Waals surface area (Å²) in [4.78, 5) is 9.39. The van der Waals surface area contributed by atoms with Gasteiger partial charge in [0.2, 0.25) is 0 Å². The molecule has 2 aromatic rings. The predicted molar refractivity (Wildman–Crippen MR) is 61.7 cm³/mol. The number of hydrogen-bond acceptors (Lipinski definition) is 4. The highest BCUT2D eigenvalue weighted by atomic mass is 32.2. The summed E-state index contributed by atoms with van der Waals surface area (Å²) >= 11 is 1.51. The van der Waals surface area contributed by atoms with E-state index in [4.69, 9.17) is 5.73 Å². The molecule has 0 saturated carbocycles. The van der Waals surface area contributed by atoms with Crippen LogP contribution in [0.25, 0.3) is 0 Å². The number of aromatic nitrogens is 2. The topological polar surface area (TPSA) is 51.8 Å². The van der Waals surface area contributed by atoms with Gasteiger partial charge < -0.3 is 5.73 Å². The summed E-state index contributed by atoms with van der Waals surface area (Å²) in [6.45, 7) is 2.06. The van der Waals surface area contributed by atoms with Gasteiger partial charge in [-0.1, -0.05) is 17.7 Å². The lowest BCUT2D eigenvalue weighted by molar-refractivity contribution is 0.975. The van der Waals surface area contributed by atoms with Gasteiger partial charge in [0.25, 0.3) is 0 Å². The molecule has 0 aliphatic rings. The number of nitrogen functional groups attached to an aromatic ring is 1. The molecule has 0 aliphatic heterocycles. The molecule has 2 N–H and O–H groups in total. The van der Waals surface area contributed by atoms with Crippen LogP contribution in [-0.4, -0.2) is 9.97 Å². The molecule has 3 nitrogen and oxygen atoms in total. The van der Waals surface area contributed by atoms with E-state index in [0.29, 0.717) is 11.0 Å². The van der Waals surface area contributed by atoms with Gasteiger partial charge in [-0.05, 0) is 36.9 Å². The van der Waals surface area contributed by atoms with Gasteiger partial charge in [0.15, 0.2) is 5.16 Å². The lowest BCUT2D eigenvalue weighted by Crippen LogP contribution is -1.92. The first-order valence-corrected chi connectivity index (χ1v) is 5.39. The Morgan fingerprint density at radius 1 is 1.27 bits per heavy atom. The van der Waals surface area contributed by atoms with Gasteiger partial charge >= 0.3 is 0 Å². The number of hydrogen-bond donors (Lipinski definition) is 1. The second-order valence-corrected chi connectivity index (χ2v) is 4.22. The van der Waals surface area contributed by atoms with E-state index in [9.17, 15) is 0 Å². The van der Waals surface area contributed by atoms with E-state index in [0.717, 1.165) is 4.90 Å². The van der Waals surface area contributed by atoms with Crippen molar-refractivity contribution in [3.05, 3.63) is 42.1 Å². The zero-order valence-corrected chi connectivity index (χ0v) is 9.16. The van der Waals surface area contributed by atoms with Gasteiger partial charge in [-0.15, -0.1) is 0 Å². The van der Waals surface area contributed by atoms with Gasteiger partial charge in [-0.2, -0.15) is 0 Å². The van der Waals surface area contributed by atoms with Crippen molar-refractivity contribution in [2.24, 2.45) is 0 Å². The summed E-state index contributed by atoms with van der Waals surface area (Å²) in [5.74, 6) is 0.500. The van der Waals surface area contributed by atoms with E-state index >= 15 is 0 Å². The van der Waals surface area contributed by atoms with Gasteiger partial charge in [-0.25, -0.2) is 9.97 Å². The number of aryl methyl sites for hydroxylation is 1. The van der Waals surface area contributed by atoms with Crippen molar-refractivity contribution in [1.82, 2.24) is 9.97 Å². The molecule has 0 spiro atoms. The van der Waals surface area contributed by atoms with Crippen molar-refractivity contribution in [3.63, 3.8) is 0 Å². The molecule has 0 aliphatic carbocycles. The Morgan fingerprint density at radius 2 is 2.13 bits per heavy atom. The van der Waals surface area contributed by atoms with Gasteiger partial charge in [0.05, 0.1) is 0 Å². The first-order chi connectivity index (χ1) is 7.24. The number of nitrogens with two attached hydrogens (primary N) is 1. The normalized spacial score (nSPS) is 10.2. The minimum atomic E-state index is 0.500. The second kappa shape index (κ2) is 4.31. The Morgan fingerprint density at radius 3 is 2.87 bits per heavy atom. The maximum absolute atomic E-state index is 5.58. The van der Waals surface area contributed by atoms with E-state index in [1.807, 2.05) is 12.1 Å². The van der Waals surface area contributed by atoms with Crippen LogP contribution in [0.15, 0.2) is 46.6 Å².